The average Bonchev–Trinajstić information content (AvgIpc) is 2.98. The maximum absolute atomic E-state index is 12.1. The lowest BCUT2D eigenvalue weighted by Gasteiger charge is -2.21. The molecule has 1 unspecified atom stereocenters. The Morgan fingerprint density at radius 1 is 1.50 bits per heavy atom. The number of anilines is 2. The van der Waals surface area contributed by atoms with Crippen molar-refractivity contribution in [2.24, 2.45) is 0 Å². The van der Waals surface area contributed by atoms with Gasteiger partial charge in [-0.25, -0.2) is 0 Å². The van der Waals surface area contributed by atoms with Gasteiger partial charge in [0.1, 0.15) is 0 Å². The van der Waals surface area contributed by atoms with Gasteiger partial charge in [-0.1, -0.05) is 0 Å². The summed E-state index contributed by atoms with van der Waals surface area (Å²) in [6.07, 6.45) is 2.93. The second-order valence-electron chi connectivity index (χ2n) is 5.07. The van der Waals surface area contributed by atoms with Gasteiger partial charge in [0.15, 0.2) is 0 Å². The highest BCUT2D eigenvalue weighted by Crippen LogP contribution is 2.31. The summed E-state index contributed by atoms with van der Waals surface area (Å²) >= 11 is 0. The highest BCUT2D eigenvalue weighted by Gasteiger charge is 2.30. The Balaban J connectivity index is 1.82. The first kappa shape index (κ1) is 11.5. The molecule has 2 aliphatic heterocycles. The molecular formula is C14H19N3O. The molecule has 2 heterocycles. The van der Waals surface area contributed by atoms with Crippen molar-refractivity contribution in [1.29, 1.82) is 0 Å². The topological polar surface area (TPSA) is 44.4 Å². The van der Waals surface area contributed by atoms with E-state index in [4.69, 9.17) is 0 Å². The molecule has 4 heteroatoms. The first-order valence-corrected chi connectivity index (χ1v) is 6.62. The van der Waals surface area contributed by atoms with Crippen molar-refractivity contribution in [3.8, 4) is 0 Å². The van der Waals surface area contributed by atoms with E-state index in [9.17, 15) is 4.79 Å². The molecule has 3 rings (SSSR count). The molecule has 1 aromatic carbocycles. The molecule has 18 heavy (non-hydrogen) atoms. The molecule has 0 radical (unpaired) electrons. The Morgan fingerprint density at radius 2 is 2.39 bits per heavy atom. The van der Waals surface area contributed by atoms with E-state index in [0.717, 1.165) is 30.0 Å². The van der Waals surface area contributed by atoms with Gasteiger partial charge in [-0.15, -0.1) is 0 Å². The zero-order valence-corrected chi connectivity index (χ0v) is 10.7. The first-order chi connectivity index (χ1) is 8.78. The van der Waals surface area contributed by atoms with E-state index in [2.05, 4.69) is 22.8 Å². The highest BCUT2D eigenvalue weighted by molar-refractivity contribution is 6.01. The van der Waals surface area contributed by atoms with Crippen molar-refractivity contribution in [3.05, 3.63) is 23.8 Å². The summed E-state index contributed by atoms with van der Waals surface area (Å²) in [5, 5.41) is 6.57. The van der Waals surface area contributed by atoms with Crippen LogP contribution < -0.4 is 15.5 Å². The SMILES string of the molecule is CNc1ccc2c(c1)CC(=O)N2CC1CCCN1. The zero-order valence-electron chi connectivity index (χ0n) is 10.7. The van der Waals surface area contributed by atoms with E-state index in [1.165, 1.54) is 12.8 Å². The number of benzene rings is 1. The third-order valence-corrected chi connectivity index (χ3v) is 3.87. The van der Waals surface area contributed by atoms with Crippen LogP contribution >= 0.6 is 0 Å². The highest BCUT2D eigenvalue weighted by atomic mass is 16.2. The van der Waals surface area contributed by atoms with E-state index in [1.54, 1.807) is 0 Å². The van der Waals surface area contributed by atoms with Crippen LogP contribution in [0.2, 0.25) is 0 Å². The fourth-order valence-electron chi connectivity index (χ4n) is 2.87. The van der Waals surface area contributed by atoms with Gasteiger partial charge in [0.25, 0.3) is 0 Å². The van der Waals surface area contributed by atoms with Crippen molar-refractivity contribution in [2.75, 3.05) is 30.4 Å². The summed E-state index contributed by atoms with van der Waals surface area (Å²) < 4.78 is 0. The van der Waals surface area contributed by atoms with Gasteiger partial charge < -0.3 is 15.5 Å². The summed E-state index contributed by atoms with van der Waals surface area (Å²) in [4.78, 5) is 14.0. The van der Waals surface area contributed by atoms with Gasteiger partial charge >= 0.3 is 0 Å². The third kappa shape index (κ3) is 1.97. The maximum atomic E-state index is 12.1. The quantitative estimate of drug-likeness (QED) is 0.845. The number of nitrogens with one attached hydrogen (secondary N) is 2. The van der Waals surface area contributed by atoms with E-state index in [1.807, 2.05) is 18.0 Å². The minimum absolute atomic E-state index is 0.229. The van der Waals surface area contributed by atoms with Crippen molar-refractivity contribution in [3.63, 3.8) is 0 Å². The normalized spacial score (nSPS) is 22.4. The van der Waals surface area contributed by atoms with Gasteiger partial charge in [0, 0.05) is 31.0 Å². The number of rotatable bonds is 3. The number of carbonyl (C=O) groups is 1. The molecule has 0 aromatic heterocycles. The Morgan fingerprint density at radius 3 is 3.11 bits per heavy atom. The van der Waals surface area contributed by atoms with Gasteiger partial charge in [-0.2, -0.15) is 0 Å². The van der Waals surface area contributed by atoms with Gasteiger partial charge in [0.2, 0.25) is 5.91 Å². The number of fused-ring (bicyclic) bond motifs is 1. The number of amides is 1. The van der Waals surface area contributed by atoms with E-state index in [-0.39, 0.29) is 5.91 Å². The monoisotopic (exact) mass is 245 g/mol. The molecule has 2 N–H and O–H groups in total. The largest absolute Gasteiger partial charge is 0.388 e. The number of hydrogen-bond donors (Lipinski definition) is 2. The molecule has 0 bridgehead atoms. The standard InChI is InChI=1S/C14H19N3O/c1-15-11-4-5-13-10(7-11)8-14(18)17(13)9-12-3-2-6-16-12/h4-5,7,12,15-16H,2-3,6,8-9H2,1H3. The molecule has 1 aromatic rings. The second kappa shape index (κ2) is 4.61. The average molecular weight is 245 g/mol. The van der Waals surface area contributed by atoms with Crippen LogP contribution in [0.25, 0.3) is 0 Å². The molecule has 0 spiro atoms. The fourth-order valence-corrected chi connectivity index (χ4v) is 2.87. The van der Waals surface area contributed by atoms with Crippen molar-refractivity contribution < 1.29 is 4.79 Å². The van der Waals surface area contributed by atoms with E-state index in [0.29, 0.717) is 12.5 Å². The molecule has 0 aliphatic carbocycles. The lowest BCUT2D eigenvalue weighted by Crippen LogP contribution is -2.39. The fraction of sp³-hybridized carbons (Fsp3) is 0.500. The lowest BCUT2D eigenvalue weighted by atomic mass is 10.1. The van der Waals surface area contributed by atoms with Crippen LogP contribution in [0.15, 0.2) is 18.2 Å². The smallest absolute Gasteiger partial charge is 0.231 e. The number of carbonyl (C=O) groups excluding carboxylic acids is 1. The van der Waals surface area contributed by atoms with Gasteiger partial charge in [-0.05, 0) is 43.1 Å². The van der Waals surface area contributed by atoms with E-state index >= 15 is 0 Å². The van der Waals surface area contributed by atoms with Crippen LogP contribution in [0, 0.1) is 0 Å². The maximum Gasteiger partial charge on any atom is 0.231 e. The van der Waals surface area contributed by atoms with E-state index < -0.39 is 0 Å². The Kier molecular flexibility index (Phi) is 2.96. The molecule has 1 amide bonds. The predicted molar refractivity (Wildman–Crippen MR) is 73.1 cm³/mol. The van der Waals surface area contributed by atoms with Crippen LogP contribution in [-0.4, -0.2) is 32.1 Å². The first-order valence-electron chi connectivity index (χ1n) is 6.62. The molecular weight excluding hydrogens is 226 g/mol. The number of hydrogen-bond acceptors (Lipinski definition) is 3. The molecule has 0 saturated carbocycles. The molecule has 4 nitrogen and oxygen atoms in total. The Bertz CT molecular complexity index is 466. The van der Waals surface area contributed by atoms with Crippen LogP contribution in [0.4, 0.5) is 11.4 Å². The van der Waals surface area contributed by atoms with Crippen molar-refractivity contribution in [1.82, 2.24) is 5.32 Å². The summed E-state index contributed by atoms with van der Waals surface area (Å²) in [6.45, 7) is 1.89. The molecule has 1 fully saturated rings. The van der Waals surface area contributed by atoms with Gasteiger partial charge in [0.05, 0.1) is 6.42 Å². The summed E-state index contributed by atoms with van der Waals surface area (Å²) in [7, 11) is 1.90. The second-order valence-corrected chi connectivity index (χ2v) is 5.07. The van der Waals surface area contributed by atoms with Crippen LogP contribution in [0.3, 0.4) is 0 Å². The molecule has 2 aliphatic rings. The van der Waals surface area contributed by atoms with Crippen LogP contribution in [0.5, 0.6) is 0 Å². The molecule has 1 atom stereocenters. The van der Waals surface area contributed by atoms with Crippen molar-refractivity contribution >= 4 is 17.3 Å². The van der Waals surface area contributed by atoms with Crippen LogP contribution in [-0.2, 0) is 11.2 Å². The summed E-state index contributed by atoms with van der Waals surface area (Å²) in [5.41, 5.74) is 3.31. The minimum atomic E-state index is 0.229. The lowest BCUT2D eigenvalue weighted by molar-refractivity contribution is -0.117. The third-order valence-electron chi connectivity index (χ3n) is 3.87. The van der Waals surface area contributed by atoms with Crippen molar-refractivity contribution in [2.45, 2.75) is 25.3 Å². The van der Waals surface area contributed by atoms with Gasteiger partial charge in [-0.3, -0.25) is 4.79 Å². The minimum Gasteiger partial charge on any atom is -0.388 e. The number of nitrogens with zero attached hydrogens (tertiary/aromatic N) is 1. The Labute approximate surface area is 107 Å². The Hall–Kier alpha value is -1.55. The predicted octanol–water partition coefficient (Wildman–Crippen LogP) is 1.37. The summed E-state index contributed by atoms with van der Waals surface area (Å²) in [6, 6.07) is 6.63. The molecule has 1 saturated heterocycles. The van der Waals surface area contributed by atoms with Crippen LogP contribution in [0.1, 0.15) is 18.4 Å². The zero-order chi connectivity index (χ0) is 12.5. The molecule has 96 valence electrons. The summed E-state index contributed by atoms with van der Waals surface area (Å²) in [5.74, 6) is 0.229.